The number of nitrogens with zero attached hydrogens (tertiary/aromatic N) is 3. The zero-order chi connectivity index (χ0) is 15.0. The number of fused-ring (bicyclic) bond motifs is 1. The number of benzene rings is 1. The minimum atomic E-state index is -0.473. The second-order valence-electron chi connectivity index (χ2n) is 4.25. The molecule has 0 aliphatic rings. The molecule has 6 nitrogen and oxygen atoms in total. The van der Waals surface area contributed by atoms with Crippen molar-refractivity contribution in [3.63, 3.8) is 0 Å². The number of nitro groups is 1. The molecule has 8 heteroatoms. The van der Waals surface area contributed by atoms with Gasteiger partial charge in [-0.25, -0.2) is 4.98 Å². The van der Waals surface area contributed by atoms with E-state index in [-0.39, 0.29) is 16.9 Å². The molecule has 0 atom stereocenters. The van der Waals surface area contributed by atoms with E-state index in [1.165, 1.54) is 23.5 Å². The Morgan fingerprint density at radius 3 is 2.90 bits per heavy atom. The number of aryl methyl sites for hydroxylation is 1. The van der Waals surface area contributed by atoms with Crippen LogP contribution < -0.4 is 4.74 Å². The third-order valence-electron chi connectivity index (χ3n) is 2.85. The molecule has 0 N–H and O–H groups in total. The van der Waals surface area contributed by atoms with Gasteiger partial charge in [0.05, 0.1) is 16.4 Å². The minimum Gasteiger partial charge on any atom is -0.438 e. The van der Waals surface area contributed by atoms with E-state index in [9.17, 15) is 10.1 Å². The molecule has 0 aliphatic heterocycles. The predicted molar refractivity (Wildman–Crippen MR) is 80.3 cm³/mol. The van der Waals surface area contributed by atoms with Crippen LogP contribution in [0.15, 0.2) is 29.6 Å². The molecule has 0 fully saturated rings. The lowest BCUT2D eigenvalue weighted by molar-refractivity contribution is -0.384. The Hall–Kier alpha value is -2.25. The molecule has 21 heavy (non-hydrogen) atoms. The SMILES string of the molecule is Cc1ccc([N+](=O)[O-])cc1Oc1nc(Cl)nc2sccc12. The van der Waals surface area contributed by atoms with Gasteiger partial charge in [-0.15, -0.1) is 11.3 Å². The monoisotopic (exact) mass is 321 g/mol. The molecule has 2 heterocycles. The van der Waals surface area contributed by atoms with Gasteiger partial charge >= 0.3 is 0 Å². The summed E-state index contributed by atoms with van der Waals surface area (Å²) in [6.45, 7) is 1.80. The van der Waals surface area contributed by atoms with E-state index in [0.717, 1.165) is 10.9 Å². The first-order valence-corrected chi connectivity index (χ1v) is 7.14. The van der Waals surface area contributed by atoms with Gasteiger partial charge in [0, 0.05) is 6.07 Å². The van der Waals surface area contributed by atoms with Gasteiger partial charge in [-0.2, -0.15) is 4.98 Å². The fourth-order valence-electron chi connectivity index (χ4n) is 1.80. The van der Waals surface area contributed by atoms with E-state index < -0.39 is 4.92 Å². The number of aromatic nitrogens is 2. The zero-order valence-electron chi connectivity index (χ0n) is 10.7. The maximum Gasteiger partial charge on any atom is 0.273 e. The number of ether oxygens (including phenoxy) is 1. The second kappa shape index (κ2) is 5.27. The van der Waals surface area contributed by atoms with E-state index in [1.807, 2.05) is 11.4 Å². The fraction of sp³-hybridized carbons (Fsp3) is 0.0769. The summed E-state index contributed by atoms with van der Waals surface area (Å²) >= 11 is 7.28. The van der Waals surface area contributed by atoms with E-state index >= 15 is 0 Å². The molecule has 0 unspecified atom stereocenters. The maximum absolute atomic E-state index is 10.8. The van der Waals surface area contributed by atoms with E-state index in [2.05, 4.69) is 9.97 Å². The first kappa shape index (κ1) is 13.7. The van der Waals surface area contributed by atoms with Crippen LogP contribution >= 0.6 is 22.9 Å². The average Bonchev–Trinajstić information content (AvgIpc) is 2.89. The Morgan fingerprint density at radius 2 is 2.14 bits per heavy atom. The number of non-ortho nitro benzene ring substituents is 1. The fourth-order valence-corrected chi connectivity index (χ4v) is 2.76. The van der Waals surface area contributed by atoms with Gasteiger partial charge in [0.2, 0.25) is 11.2 Å². The first-order chi connectivity index (χ1) is 10.0. The Labute approximate surface area is 128 Å². The minimum absolute atomic E-state index is 0.0442. The molecule has 0 spiro atoms. The summed E-state index contributed by atoms with van der Waals surface area (Å²) in [6, 6.07) is 6.23. The summed E-state index contributed by atoms with van der Waals surface area (Å²) in [5.41, 5.74) is 0.719. The van der Waals surface area contributed by atoms with Crippen molar-refractivity contribution in [3.8, 4) is 11.6 Å². The lowest BCUT2D eigenvalue weighted by atomic mass is 10.2. The second-order valence-corrected chi connectivity index (χ2v) is 5.48. The van der Waals surface area contributed by atoms with Gasteiger partial charge in [0.25, 0.3) is 5.69 Å². The van der Waals surface area contributed by atoms with Crippen molar-refractivity contribution in [2.75, 3.05) is 0 Å². The lowest BCUT2D eigenvalue weighted by Gasteiger charge is -2.08. The standard InChI is InChI=1S/C13H8ClN3O3S/c1-7-2-3-8(17(18)19)6-10(7)20-11-9-4-5-21-12(9)16-13(14)15-11/h2-6H,1H3. The molecule has 0 aliphatic carbocycles. The number of thiophene rings is 1. The summed E-state index contributed by atoms with van der Waals surface area (Å²) < 4.78 is 5.72. The number of halogens is 1. The van der Waals surface area contributed by atoms with Gasteiger partial charge in [0.1, 0.15) is 10.6 Å². The number of nitro benzene ring substituents is 1. The topological polar surface area (TPSA) is 78.2 Å². The summed E-state index contributed by atoms with van der Waals surface area (Å²) in [4.78, 5) is 19.2. The third-order valence-corrected chi connectivity index (χ3v) is 3.83. The van der Waals surface area contributed by atoms with Gasteiger partial charge in [-0.05, 0) is 41.6 Å². The van der Waals surface area contributed by atoms with Gasteiger partial charge in [-0.3, -0.25) is 10.1 Å². The molecule has 1 aromatic carbocycles. The van der Waals surface area contributed by atoms with Crippen molar-refractivity contribution in [2.45, 2.75) is 6.92 Å². The molecule has 2 aromatic heterocycles. The van der Waals surface area contributed by atoms with E-state index in [1.54, 1.807) is 13.0 Å². The van der Waals surface area contributed by atoms with Crippen molar-refractivity contribution in [1.82, 2.24) is 9.97 Å². The predicted octanol–water partition coefficient (Wildman–Crippen LogP) is 4.35. The smallest absolute Gasteiger partial charge is 0.273 e. The third kappa shape index (κ3) is 2.65. The van der Waals surface area contributed by atoms with Crippen molar-refractivity contribution in [2.24, 2.45) is 0 Å². The summed E-state index contributed by atoms with van der Waals surface area (Å²) in [5.74, 6) is 0.654. The molecule has 0 amide bonds. The Bertz CT molecular complexity index is 850. The van der Waals surface area contributed by atoms with Crippen LogP contribution in [0.2, 0.25) is 5.28 Å². The van der Waals surface area contributed by atoms with Gasteiger partial charge < -0.3 is 4.74 Å². The van der Waals surface area contributed by atoms with Crippen molar-refractivity contribution in [1.29, 1.82) is 0 Å². The highest BCUT2D eigenvalue weighted by Gasteiger charge is 2.14. The molecule has 106 valence electrons. The molecule has 3 aromatic rings. The summed E-state index contributed by atoms with van der Waals surface area (Å²) in [5, 5.41) is 13.5. The number of hydrogen-bond donors (Lipinski definition) is 0. The molecule has 3 rings (SSSR count). The highest BCUT2D eigenvalue weighted by molar-refractivity contribution is 7.16. The van der Waals surface area contributed by atoms with Crippen LogP contribution in [0.25, 0.3) is 10.2 Å². The zero-order valence-corrected chi connectivity index (χ0v) is 12.3. The van der Waals surface area contributed by atoms with Gasteiger partial charge in [-0.1, -0.05) is 0 Å². The summed E-state index contributed by atoms with van der Waals surface area (Å²) in [6.07, 6.45) is 0. The molecule has 0 saturated carbocycles. The first-order valence-electron chi connectivity index (χ1n) is 5.88. The van der Waals surface area contributed by atoms with Crippen molar-refractivity contribution in [3.05, 3.63) is 50.6 Å². The van der Waals surface area contributed by atoms with Crippen molar-refractivity contribution < 1.29 is 9.66 Å². The molecular weight excluding hydrogens is 314 g/mol. The molecule has 0 radical (unpaired) electrons. The van der Waals surface area contributed by atoms with Gasteiger partial charge in [0.15, 0.2) is 0 Å². The Kier molecular flexibility index (Phi) is 3.44. The van der Waals surface area contributed by atoms with E-state index in [0.29, 0.717) is 10.6 Å². The molecule has 0 saturated heterocycles. The molecule has 0 bridgehead atoms. The van der Waals surface area contributed by atoms with E-state index in [4.69, 9.17) is 16.3 Å². The lowest BCUT2D eigenvalue weighted by Crippen LogP contribution is -1.95. The van der Waals surface area contributed by atoms with Crippen LogP contribution in [-0.4, -0.2) is 14.9 Å². The van der Waals surface area contributed by atoms with Crippen LogP contribution in [0.1, 0.15) is 5.56 Å². The van der Waals surface area contributed by atoms with Crippen LogP contribution in [0.5, 0.6) is 11.6 Å². The highest BCUT2D eigenvalue weighted by atomic mass is 35.5. The highest BCUT2D eigenvalue weighted by Crippen LogP contribution is 2.34. The molecular formula is C13H8ClN3O3S. The van der Waals surface area contributed by atoms with Crippen LogP contribution in [0.4, 0.5) is 5.69 Å². The summed E-state index contributed by atoms with van der Waals surface area (Å²) in [7, 11) is 0. The largest absolute Gasteiger partial charge is 0.438 e. The van der Waals surface area contributed by atoms with Crippen LogP contribution in [-0.2, 0) is 0 Å². The average molecular weight is 322 g/mol. The van der Waals surface area contributed by atoms with Crippen LogP contribution in [0, 0.1) is 17.0 Å². The number of hydrogen-bond acceptors (Lipinski definition) is 6. The van der Waals surface area contributed by atoms with Crippen molar-refractivity contribution >= 4 is 38.8 Å². The quantitative estimate of drug-likeness (QED) is 0.407. The normalized spacial score (nSPS) is 10.8. The maximum atomic E-state index is 10.8. The van der Waals surface area contributed by atoms with Crippen LogP contribution in [0.3, 0.4) is 0 Å². The Morgan fingerprint density at radius 1 is 1.33 bits per heavy atom. The number of rotatable bonds is 3. The Balaban J connectivity index is 2.08.